The average Bonchev–Trinajstić information content (AvgIpc) is 2.90. The first kappa shape index (κ1) is 16.6. The molecule has 0 saturated heterocycles. The standard InChI is InChI=1S/C21H25NO2/c1-5-19(24-20-12-14(2)10-11-15(20)3)21(23)22-16(4)13-17-8-6-7-9-18(17)22/h6-12,16,19H,5,13H2,1-4H3. The monoisotopic (exact) mass is 323 g/mol. The number of nitrogens with zero attached hydrogens (tertiary/aromatic N) is 1. The third-order valence-electron chi connectivity index (χ3n) is 4.70. The Morgan fingerprint density at radius 1 is 1.25 bits per heavy atom. The van der Waals surface area contributed by atoms with Crippen molar-refractivity contribution in [1.29, 1.82) is 0 Å². The second kappa shape index (κ2) is 6.68. The third-order valence-corrected chi connectivity index (χ3v) is 4.70. The van der Waals surface area contributed by atoms with Gasteiger partial charge in [-0.1, -0.05) is 37.3 Å². The maximum atomic E-state index is 13.2. The van der Waals surface area contributed by atoms with Crippen LogP contribution >= 0.6 is 0 Å². The predicted molar refractivity (Wildman–Crippen MR) is 97.7 cm³/mol. The number of anilines is 1. The van der Waals surface area contributed by atoms with Crippen LogP contribution in [0, 0.1) is 13.8 Å². The third kappa shape index (κ3) is 3.03. The van der Waals surface area contributed by atoms with Gasteiger partial charge < -0.3 is 9.64 Å². The maximum absolute atomic E-state index is 13.2. The molecule has 24 heavy (non-hydrogen) atoms. The van der Waals surface area contributed by atoms with Crippen LogP contribution in [-0.4, -0.2) is 18.1 Å². The average molecular weight is 323 g/mol. The normalized spacial score (nSPS) is 17.5. The molecule has 2 aromatic carbocycles. The molecular formula is C21H25NO2. The summed E-state index contributed by atoms with van der Waals surface area (Å²) >= 11 is 0. The van der Waals surface area contributed by atoms with Crippen LogP contribution < -0.4 is 9.64 Å². The fourth-order valence-corrected chi connectivity index (χ4v) is 3.35. The fraction of sp³-hybridized carbons (Fsp3) is 0.381. The highest BCUT2D eigenvalue weighted by Gasteiger charge is 2.35. The largest absolute Gasteiger partial charge is 0.480 e. The number of rotatable bonds is 4. The molecule has 2 atom stereocenters. The van der Waals surface area contributed by atoms with Gasteiger partial charge in [-0.05, 0) is 62.4 Å². The number of aryl methyl sites for hydroxylation is 2. The van der Waals surface area contributed by atoms with Crippen LogP contribution in [0.5, 0.6) is 5.75 Å². The van der Waals surface area contributed by atoms with Gasteiger partial charge in [0.2, 0.25) is 0 Å². The topological polar surface area (TPSA) is 29.5 Å². The second-order valence-electron chi connectivity index (χ2n) is 6.67. The highest BCUT2D eigenvalue weighted by atomic mass is 16.5. The first-order valence-electron chi connectivity index (χ1n) is 8.66. The van der Waals surface area contributed by atoms with E-state index in [1.165, 1.54) is 5.56 Å². The molecule has 2 unspecified atom stereocenters. The Hall–Kier alpha value is -2.29. The van der Waals surface area contributed by atoms with Crippen LogP contribution in [0.25, 0.3) is 0 Å². The summed E-state index contributed by atoms with van der Waals surface area (Å²) in [5, 5.41) is 0. The zero-order valence-corrected chi connectivity index (χ0v) is 14.9. The number of hydrogen-bond donors (Lipinski definition) is 0. The first-order valence-corrected chi connectivity index (χ1v) is 8.66. The van der Waals surface area contributed by atoms with Crippen molar-refractivity contribution in [3.8, 4) is 5.75 Å². The lowest BCUT2D eigenvalue weighted by molar-refractivity contribution is -0.125. The molecule has 0 saturated carbocycles. The number of carbonyl (C=O) groups is 1. The van der Waals surface area contributed by atoms with Crippen LogP contribution in [0.15, 0.2) is 42.5 Å². The van der Waals surface area contributed by atoms with Crippen molar-refractivity contribution in [1.82, 2.24) is 0 Å². The lowest BCUT2D eigenvalue weighted by atomic mass is 10.1. The van der Waals surface area contributed by atoms with Crippen molar-refractivity contribution in [2.45, 2.75) is 52.7 Å². The summed E-state index contributed by atoms with van der Waals surface area (Å²) in [4.78, 5) is 15.1. The minimum Gasteiger partial charge on any atom is -0.480 e. The maximum Gasteiger partial charge on any atom is 0.268 e. The number of amides is 1. The molecule has 0 spiro atoms. The van der Waals surface area contributed by atoms with E-state index in [1.54, 1.807) is 0 Å². The van der Waals surface area contributed by atoms with Crippen LogP contribution in [0.4, 0.5) is 5.69 Å². The molecular weight excluding hydrogens is 298 g/mol. The lowest BCUT2D eigenvalue weighted by Gasteiger charge is -2.28. The predicted octanol–water partition coefficient (Wildman–Crippen LogP) is 4.44. The molecule has 2 aromatic rings. The molecule has 0 bridgehead atoms. The van der Waals surface area contributed by atoms with Crippen LogP contribution in [0.3, 0.4) is 0 Å². The van der Waals surface area contributed by atoms with Crippen molar-refractivity contribution in [2.24, 2.45) is 0 Å². The summed E-state index contributed by atoms with van der Waals surface area (Å²) in [5.74, 6) is 0.853. The molecule has 1 heterocycles. The Morgan fingerprint density at radius 3 is 2.75 bits per heavy atom. The van der Waals surface area contributed by atoms with Crippen molar-refractivity contribution in [2.75, 3.05) is 4.90 Å². The summed E-state index contributed by atoms with van der Waals surface area (Å²) in [6.45, 7) is 8.15. The SMILES string of the molecule is CCC(Oc1cc(C)ccc1C)C(=O)N1c2ccccc2CC1C. The summed E-state index contributed by atoms with van der Waals surface area (Å²) in [6, 6.07) is 14.4. The second-order valence-corrected chi connectivity index (χ2v) is 6.67. The molecule has 0 fully saturated rings. The number of hydrogen-bond acceptors (Lipinski definition) is 2. The van der Waals surface area contributed by atoms with E-state index in [0.29, 0.717) is 6.42 Å². The molecule has 126 valence electrons. The van der Waals surface area contributed by atoms with E-state index in [9.17, 15) is 4.79 Å². The quantitative estimate of drug-likeness (QED) is 0.832. The van der Waals surface area contributed by atoms with E-state index in [-0.39, 0.29) is 11.9 Å². The van der Waals surface area contributed by atoms with E-state index in [0.717, 1.165) is 29.0 Å². The zero-order chi connectivity index (χ0) is 17.3. The Labute approximate surface area is 144 Å². The Morgan fingerprint density at radius 2 is 2.00 bits per heavy atom. The van der Waals surface area contributed by atoms with E-state index < -0.39 is 6.10 Å². The van der Waals surface area contributed by atoms with Crippen LogP contribution in [-0.2, 0) is 11.2 Å². The summed E-state index contributed by atoms with van der Waals surface area (Å²) in [5.41, 5.74) is 4.46. The van der Waals surface area contributed by atoms with Gasteiger partial charge in [-0.25, -0.2) is 0 Å². The minimum absolute atomic E-state index is 0.0517. The first-order chi connectivity index (χ1) is 11.5. The summed E-state index contributed by atoms with van der Waals surface area (Å²) in [6.07, 6.45) is 1.10. The van der Waals surface area contributed by atoms with Gasteiger partial charge in [0.25, 0.3) is 5.91 Å². The molecule has 0 N–H and O–H groups in total. The molecule has 1 amide bonds. The highest BCUT2D eigenvalue weighted by Crippen LogP contribution is 2.33. The van der Waals surface area contributed by atoms with Gasteiger partial charge in [0.1, 0.15) is 5.75 Å². The van der Waals surface area contributed by atoms with E-state index in [4.69, 9.17) is 4.74 Å². The van der Waals surface area contributed by atoms with Crippen molar-refractivity contribution < 1.29 is 9.53 Å². The lowest BCUT2D eigenvalue weighted by Crippen LogP contribution is -2.44. The number of fused-ring (bicyclic) bond motifs is 1. The van der Waals surface area contributed by atoms with Crippen LogP contribution in [0.2, 0.25) is 0 Å². The smallest absolute Gasteiger partial charge is 0.268 e. The number of ether oxygens (including phenoxy) is 1. The van der Waals surface area contributed by atoms with E-state index in [2.05, 4.69) is 19.1 Å². The molecule has 3 rings (SSSR count). The van der Waals surface area contributed by atoms with Crippen LogP contribution in [0.1, 0.15) is 37.0 Å². The zero-order valence-electron chi connectivity index (χ0n) is 14.9. The van der Waals surface area contributed by atoms with Gasteiger partial charge in [0.15, 0.2) is 6.10 Å². The van der Waals surface area contributed by atoms with Gasteiger partial charge in [-0.2, -0.15) is 0 Å². The molecule has 1 aliphatic rings. The van der Waals surface area contributed by atoms with Gasteiger partial charge in [-0.15, -0.1) is 0 Å². The van der Waals surface area contributed by atoms with Gasteiger partial charge >= 0.3 is 0 Å². The Bertz CT molecular complexity index is 753. The van der Waals surface area contributed by atoms with E-state index >= 15 is 0 Å². The molecule has 0 radical (unpaired) electrons. The molecule has 1 aliphatic heterocycles. The Balaban J connectivity index is 1.86. The van der Waals surface area contributed by atoms with Gasteiger partial charge in [0.05, 0.1) is 0 Å². The van der Waals surface area contributed by atoms with E-state index in [1.807, 2.05) is 56.0 Å². The van der Waals surface area contributed by atoms with Crippen molar-refractivity contribution >= 4 is 11.6 Å². The summed E-state index contributed by atoms with van der Waals surface area (Å²) in [7, 11) is 0. The molecule has 0 aromatic heterocycles. The Kier molecular flexibility index (Phi) is 4.61. The molecule has 0 aliphatic carbocycles. The summed E-state index contributed by atoms with van der Waals surface area (Å²) < 4.78 is 6.12. The van der Waals surface area contributed by atoms with Gasteiger partial charge in [0, 0.05) is 11.7 Å². The number of carbonyl (C=O) groups excluding carboxylic acids is 1. The van der Waals surface area contributed by atoms with Gasteiger partial charge in [-0.3, -0.25) is 4.79 Å². The minimum atomic E-state index is -0.459. The highest BCUT2D eigenvalue weighted by molar-refractivity contribution is 5.99. The fourth-order valence-electron chi connectivity index (χ4n) is 3.35. The molecule has 3 nitrogen and oxygen atoms in total. The molecule has 3 heteroatoms. The number of para-hydroxylation sites is 1. The van der Waals surface area contributed by atoms with Crippen molar-refractivity contribution in [3.63, 3.8) is 0 Å². The van der Waals surface area contributed by atoms with Crippen molar-refractivity contribution in [3.05, 3.63) is 59.2 Å². The number of benzene rings is 2.